The molecule has 0 aliphatic heterocycles. The Hall–Kier alpha value is -2.11. The molecule has 0 aromatic carbocycles. The van der Waals surface area contributed by atoms with Gasteiger partial charge in [-0.05, 0) is 19.9 Å². The van der Waals surface area contributed by atoms with E-state index in [2.05, 4.69) is 20.5 Å². The lowest BCUT2D eigenvalue weighted by molar-refractivity contribution is 0.0952. The smallest absolute Gasteiger partial charge is 0.254 e. The highest BCUT2D eigenvalue weighted by Gasteiger charge is 2.12. The zero-order chi connectivity index (χ0) is 12.3. The standard InChI is InChI=1S/C11H14N4O2/c1-7-5-9(8(2)17-7)11(16)12-4-3-10-13-6-14-15-10/h5-6H,3-4H2,1-2H3,(H,12,16)(H,13,14,15). The quantitative estimate of drug-likeness (QED) is 0.826. The lowest BCUT2D eigenvalue weighted by atomic mass is 10.2. The van der Waals surface area contributed by atoms with Crippen LogP contribution in [0.4, 0.5) is 0 Å². The van der Waals surface area contributed by atoms with Crippen LogP contribution in [0.1, 0.15) is 27.7 Å². The van der Waals surface area contributed by atoms with E-state index >= 15 is 0 Å². The summed E-state index contributed by atoms with van der Waals surface area (Å²) in [6.07, 6.45) is 2.07. The van der Waals surface area contributed by atoms with Crippen molar-refractivity contribution < 1.29 is 9.21 Å². The maximum absolute atomic E-state index is 11.8. The van der Waals surface area contributed by atoms with Gasteiger partial charge >= 0.3 is 0 Å². The second-order valence-corrected chi connectivity index (χ2v) is 3.76. The molecule has 0 aliphatic rings. The van der Waals surface area contributed by atoms with Crippen LogP contribution in [-0.4, -0.2) is 27.6 Å². The van der Waals surface area contributed by atoms with Crippen LogP contribution >= 0.6 is 0 Å². The molecule has 0 bridgehead atoms. The molecular formula is C11H14N4O2. The lowest BCUT2D eigenvalue weighted by Crippen LogP contribution is -2.26. The number of nitrogens with one attached hydrogen (secondary N) is 2. The van der Waals surface area contributed by atoms with Crippen molar-refractivity contribution in [2.24, 2.45) is 0 Å². The Morgan fingerprint density at radius 1 is 1.53 bits per heavy atom. The molecule has 0 saturated heterocycles. The van der Waals surface area contributed by atoms with Gasteiger partial charge in [-0.25, -0.2) is 4.98 Å². The zero-order valence-corrected chi connectivity index (χ0v) is 9.78. The maximum Gasteiger partial charge on any atom is 0.254 e. The number of H-pyrrole nitrogens is 1. The maximum atomic E-state index is 11.8. The van der Waals surface area contributed by atoms with Crippen LogP contribution < -0.4 is 5.32 Å². The van der Waals surface area contributed by atoms with E-state index in [0.29, 0.717) is 24.3 Å². The number of hydrogen-bond donors (Lipinski definition) is 2. The summed E-state index contributed by atoms with van der Waals surface area (Å²) in [6, 6.07) is 1.74. The summed E-state index contributed by atoms with van der Waals surface area (Å²) in [4.78, 5) is 15.8. The molecule has 0 unspecified atom stereocenters. The van der Waals surface area contributed by atoms with E-state index in [4.69, 9.17) is 4.42 Å². The van der Waals surface area contributed by atoms with Gasteiger partial charge in [-0.15, -0.1) is 0 Å². The van der Waals surface area contributed by atoms with Gasteiger partial charge in [0.25, 0.3) is 5.91 Å². The predicted molar refractivity (Wildman–Crippen MR) is 60.6 cm³/mol. The summed E-state index contributed by atoms with van der Waals surface area (Å²) in [5.74, 6) is 2.01. The number of hydrogen-bond acceptors (Lipinski definition) is 4. The number of nitrogens with zero attached hydrogens (tertiary/aromatic N) is 2. The van der Waals surface area contributed by atoms with E-state index in [-0.39, 0.29) is 5.91 Å². The number of carbonyl (C=O) groups is 1. The second kappa shape index (κ2) is 4.82. The molecule has 6 nitrogen and oxygen atoms in total. The highest BCUT2D eigenvalue weighted by molar-refractivity contribution is 5.95. The minimum absolute atomic E-state index is 0.126. The molecule has 17 heavy (non-hydrogen) atoms. The molecule has 0 aliphatic carbocycles. The first-order chi connectivity index (χ1) is 8.16. The molecule has 0 atom stereocenters. The van der Waals surface area contributed by atoms with E-state index in [0.717, 1.165) is 11.6 Å². The molecule has 1 amide bonds. The highest BCUT2D eigenvalue weighted by atomic mass is 16.3. The first-order valence-electron chi connectivity index (χ1n) is 5.36. The Bertz CT molecular complexity index is 502. The van der Waals surface area contributed by atoms with Gasteiger partial charge in [0.2, 0.25) is 0 Å². The van der Waals surface area contributed by atoms with Gasteiger partial charge in [-0.3, -0.25) is 9.89 Å². The van der Waals surface area contributed by atoms with Crippen LogP contribution in [-0.2, 0) is 6.42 Å². The molecule has 90 valence electrons. The van der Waals surface area contributed by atoms with Gasteiger partial charge in [0, 0.05) is 13.0 Å². The molecule has 2 aromatic rings. The molecule has 2 aromatic heterocycles. The van der Waals surface area contributed by atoms with Crippen molar-refractivity contribution >= 4 is 5.91 Å². The lowest BCUT2D eigenvalue weighted by Gasteiger charge is -2.02. The molecule has 2 rings (SSSR count). The first-order valence-corrected chi connectivity index (χ1v) is 5.36. The fraction of sp³-hybridized carbons (Fsp3) is 0.364. The topological polar surface area (TPSA) is 83.8 Å². The minimum Gasteiger partial charge on any atom is -0.466 e. The van der Waals surface area contributed by atoms with Crippen molar-refractivity contribution in [2.75, 3.05) is 6.54 Å². The van der Waals surface area contributed by atoms with Gasteiger partial charge in [-0.2, -0.15) is 5.10 Å². The molecule has 0 spiro atoms. The molecule has 2 heterocycles. The summed E-state index contributed by atoms with van der Waals surface area (Å²) in [5.41, 5.74) is 0.583. The fourth-order valence-electron chi connectivity index (χ4n) is 1.60. The molecule has 0 radical (unpaired) electrons. The van der Waals surface area contributed by atoms with Crippen LogP contribution in [0.15, 0.2) is 16.8 Å². The van der Waals surface area contributed by atoms with Crippen LogP contribution in [0.5, 0.6) is 0 Å². The summed E-state index contributed by atoms with van der Waals surface area (Å²) >= 11 is 0. The second-order valence-electron chi connectivity index (χ2n) is 3.76. The van der Waals surface area contributed by atoms with Crippen LogP contribution in [0.2, 0.25) is 0 Å². The highest BCUT2D eigenvalue weighted by Crippen LogP contribution is 2.13. The summed E-state index contributed by atoms with van der Waals surface area (Å²) in [7, 11) is 0. The van der Waals surface area contributed by atoms with Crippen molar-refractivity contribution in [2.45, 2.75) is 20.3 Å². The molecule has 2 N–H and O–H groups in total. The Morgan fingerprint density at radius 2 is 2.35 bits per heavy atom. The third-order valence-corrected chi connectivity index (χ3v) is 2.40. The van der Waals surface area contributed by atoms with E-state index in [1.807, 2.05) is 6.92 Å². The van der Waals surface area contributed by atoms with Crippen LogP contribution in [0.25, 0.3) is 0 Å². The van der Waals surface area contributed by atoms with Crippen molar-refractivity contribution in [1.29, 1.82) is 0 Å². The first kappa shape index (κ1) is 11.4. The normalized spacial score (nSPS) is 10.5. The number of aryl methyl sites for hydroxylation is 2. The van der Waals surface area contributed by atoms with Crippen molar-refractivity contribution in [3.05, 3.63) is 35.3 Å². The van der Waals surface area contributed by atoms with Crippen molar-refractivity contribution in [3.8, 4) is 0 Å². The summed E-state index contributed by atoms with van der Waals surface area (Å²) < 4.78 is 5.30. The monoisotopic (exact) mass is 234 g/mol. The van der Waals surface area contributed by atoms with E-state index in [1.165, 1.54) is 6.33 Å². The largest absolute Gasteiger partial charge is 0.466 e. The van der Waals surface area contributed by atoms with Gasteiger partial charge in [0.15, 0.2) is 0 Å². The third kappa shape index (κ3) is 2.72. The fourth-order valence-corrected chi connectivity index (χ4v) is 1.60. The number of aromatic nitrogens is 3. The number of furan rings is 1. The summed E-state index contributed by atoms with van der Waals surface area (Å²) in [5, 5.41) is 9.27. The Kier molecular flexibility index (Phi) is 3.22. The Morgan fingerprint density at radius 3 is 2.94 bits per heavy atom. The average molecular weight is 234 g/mol. The molecule has 0 fully saturated rings. The predicted octanol–water partition coefficient (Wildman–Crippen LogP) is 0.987. The van der Waals surface area contributed by atoms with E-state index in [1.54, 1.807) is 13.0 Å². The molecule has 0 saturated carbocycles. The van der Waals surface area contributed by atoms with Crippen molar-refractivity contribution in [3.63, 3.8) is 0 Å². The molecule has 6 heteroatoms. The number of carbonyl (C=O) groups excluding carboxylic acids is 1. The van der Waals surface area contributed by atoms with E-state index < -0.39 is 0 Å². The van der Waals surface area contributed by atoms with Gasteiger partial charge < -0.3 is 9.73 Å². The third-order valence-electron chi connectivity index (χ3n) is 2.40. The minimum atomic E-state index is -0.126. The van der Waals surface area contributed by atoms with Gasteiger partial charge in [-0.1, -0.05) is 0 Å². The number of rotatable bonds is 4. The SMILES string of the molecule is Cc1cc(C(=O)NCCc2ncn[nH]2)c(C)o1. The summed E-state index contributed by atoms with van der Waals surface area (Å²) in [6.45, 7) is 4.11. The number of amides is 1. The number of aromatic amines is 1. The van der Waals surface area contributed by atoms with Gasteiger partial charge in [0.05, 0.1) is 5.56 Å². The zero-order valence-electron chi connectivity index (χ0n) is 9.78. The van der Waals surface area contributed by atoms with Crippen molar-refractivity contribution in [1.82, 2.24) is 20.5 Å². The van der Waals surface area contributed by atoms with Crippen LogP contribution in [0, 0.1) is 13.8 Å². The van der Waals surface area contributed by atoms with Crippen LogP contribution in [0.3, 0.4) is 0 Å². The average Bonchev–Trinajstić information content (AvgIpc) is 2.88. The molecular weight excluding hydrogens is 220 g/mol. The Balaban J connectivity index is 1.87. The Labute approximate surface area is 98.4 Å². The van der Waals surface area contributed by atoms with Gasteiger partial charge in [0.1, 0.15) is 23.7 Å². The van der Waals surface area contributed by atoms with E-state index in [9.17, 15) is 4.79 Å².